The molecular weight excluding hydrogens is 258 g/mol. The Bertz CT molecular complexity index is 477. The molecule has 2 N–H and O–H groups in total. The average molecular weight is 279 g/mol. The zero-order valence-electron chi connectivity index (χ0n) is 11.9. The number of carboxylic acid groups (broad SMARTS) is 1. The number of likely N-dealkylation sites (N-methyl/N-ethyl adjacent to an activating group) is 1. The monoisotopic (exact) mass is 279 g/mol. The van der Waals surface area contributed by atoms with E-state index in [1.54, 1.807) is 14.2 Å². The number of hydrogen-bond acceptors (Lipinski definition) is 4. The Morgan fingerprint density at radius 3 is 2.95 bits per heavy atom. The highest BCUT2D eigenvalue weighted by atomic mass is 16.5. The van der Waals surface area contributed by atoms with Crippen molar-refractivity contribution in [2.24, 2.45) is 0 Å². The summed E-state index contributed by atoms with van der Waals surface area (Å²) >= 11 is 0. The molecule has 1 aliphatic rings. The van der Waals surface area contributed by atoms with Gasteiger partial charge in [-0.15, -0.1) is 0 Å². The lowest BCUT2D eigenvalue weighted by Crippen LogP contribution is -2.48. The minimum absolute atomic E-state index is 0.0728. The fourth-order valence-corrected chi connectivity index (χ4v) is 2.70. The van der Waals surface area contributed by atoms with Gasteiger partial charge in [-0.25, -0.2) is 0 Å². The van der Waals surface area contributed by atoms with Crippen LogP contribution in [0, 0.1) is 0 Å². The molecule has 0 heterocycles. The second-order valence-corrected chi connectivity index (χ2v) is 5.20. The van der Waals surface area contributed by atoms with Gasteiger partial charge in [0.2, 0.25) is 0 Å². The standard InChI is InChI=1S/C15H21NO4/c1-16-15(14(17)18)7-6-13(9-15)20-12-5-3-4-11(8-12)10-19-2/h3-5,8,13,16H,6-7,9-10H2,1-2H3,(H,17,18). The van der Waals surface area contributed by atoms with E-state index in [0.29, 0.717) is 19.4 Å². The van der Waals surface area contributed by atoms with Crippen molar-refractivity contribution in [2.75, 3.05) is 14.2 Å². The lowest BCUT2D eigenvalue weighted by molar-refractivity contribution is -0.144. The first-order valence-electron chi connectivity index (χ1n) is 6.76. The van der Waals surface area contributed by atoms with E-state index in [2.05, 4.69) is 5.32 Å². The van der Waals surface area contributed by atoms with Gasteiger partial charge in [0.1, 0.15) is 17.4 Å². The Balaban J connectivity index is 2.01. The van der Waals surface area contributed by atoms with Crippen LogP contribution in [0.2, 0.25) is 0 Å². The van der Waals surface area contributed by atoms with E-state index in [1.807, 2.05) is 24.3 Å². The molecule has 2 rings (SSSR count). The molecule has 0 spiro atoms. The van der Waals surface area contributed by atoms with Crippen LogP contribution in [-0.2, 0) is 16.1 Å². The Labute approximate surface area is 118 Å². The molecule has 0 bridgehead atoms. The van der Waals surface area contributed by atoms with Crippen LogP contribution in [0.5, 0.6) is 5.75 Å². The summed E-state index contributed by atoms with van der Waals surface area (Å²) in [5, 5.41) is 12.3. The summed E-state index contributed by atoms with van der Waals surface area (Å²) in [6.45, 7) is 0.539. The highest BCUT2D eigenvalue weighted by Gasteiger charge is 2.45. The Morgan fingerprint density at radius 1 is 1.55 bits per heavy atom. The van der Waals surface area contributed by atoms with Gasteiger partial charge in [-0.2, -0.15) is 0 Å². The summed E-state index contributed by atoms with van der Waals surface area (Å²) in [4.78, 5) is 11.4. The number of benzene rings is 1. The van der Waals surface area contributed by atoms with Gasteiger partial charge >= 0.3 is 5.97 Å². The topological polar surface area (TPSA) is 67.8 Å². The van der Waals surface area contributed by atoms with Gasteiger partial charge in [-0.3, -0.25) is 4.79 Å². The molecule has 2 atom stereocenters. The third kappa shape index (κ3) is 3.11. The van der Waals surface area contributed by atoms with Crippen molar-refractivity contribution in [3.05, 3.63) is 29.8 Å². The molecule has 110 valence electrons. The molecule has 0 saturated heterocycles. The van der Waals surface area contributed by atoms with Gasteiger partial charge < -0.3 is 19.9 Å². The van der Waals surface area contributed by atoms with Gasteiger partial charge in [-0.05, 0) is 37.6 Å². The normalized spacial score (nSPS) is 25.6. The summed E-state index contributed by atoms with van der Waals surface area (Å²) in [5.74, 6) is -0.0407. The average Bonchev–Trinajstić information content (AvgIpc) is 2.84. The number of hydrogen-bond donors (Lipinski definition) is 2. The summed E-state index contributed by atoms with van der Waals surface area (Å²) in [7, 11) is 3.34. The molecule has 5 heteroatoms. The predicted molar refractivity (Wildman–Crippen MR) is 74.8 cm³/mol. The van der Waals surface area contributed by atoms with Crippen LogP contribution in [0.1, 0.15) is 24.8 Å². The summed E-state index contributed by atoms with van der Waals surface area (Å²) < 4.78 is 11.0. The number of carbonyl (C=O) groups is 1. The van der Waals surface area contributed by atoms with Gasteiger partial charge in [-0.1, -0.05) is 12.1 Å². The van der Waals surface area contributed by atoms with Crippen LogP contribution in [-0.4, -0.2) is 36.9 Å². The van der Waals surface area contributed by atoms with Crippen LogP contribution < -0.4 is 10.1 Å². The number of carboxylic acids is 1. The van der Waals surface area contributed by atoms with Crippen molar-refractivity contribution in [2.45, 2.75) is 37.5 Å². The molecule has 1 aromatic rings. The molecule has 5 nitrogen and oxygen atoms in total. The molecule has 20 heavy (non-hydrogen) atoms. The van der Waals surface area contributed by atoms with Gasteiger partial charge in [0.15, 0.2) is 0 Å². The molecule has 1 aromatic carbocycles. The number of ether oxygens (including phenoxy) is 2. The summed E-state index contributed by atoms with van der Waals surface area (Å²) in [6.07, 6.45) is 1.73. The van der Waals surface area contributed by atoms with E-state index in [4.69, 9.17) is 9.47 Å². The molecular formula is C15H21NO4. The molecule has 0 amide bonds. The predicted octanol–water partition coefficient (Wildman–Crippen LogP) is 1.81. The van der Waals surface area contributed by atoms with Crippen LogP contribution in [0.15, 0.2) is 24.3 Å². The lowest BCUT2D eigenvalue weighted by atomic mass is 9.98. The van der Waals surface area contributed by atoms with Gasteiger partial charge in [0.25, 0.3) is 0 Å². The van der Waals surface area contributed by atoms with Gasteiger partial charge in [0, 0.05) is 13.5 Å². The zero-order valence-corrected chi connectivity index (χ0v) is 11.9. The molecule has 2 unspecified atom stereocenters. The highest BCUT2D eigenvalue weighted by molar-refractivity contribution is 5.79. The maximum absolute atomic E-state index is 11.4. The molecule has 1 saturated carbocycles. The second kappa shape index (κ2) is 6.24. The van der Waals surface area contributed by atoms with Crippen molar-refractivity contribution in [3.63, 3.8) is 0 Å². The first-order chi connectivity index (χ1) is 9.59. The van der Waals surface area contributed by atoms with E-state index in [0.717, 1.165) is 17.7 Å². The van der Waals surface area contributed by atoms with Crippen molar-refractivity contribution in [1.82, 2.24) is 5.32 Å². The molecule has 1 fully saturated rings. The maximum Gasteiger partial charge on any atom is 0.324 e. The van der Waals surface area contributed by atoms with Crippen molar-refractivity contribution in [3.8, 4) is 5.75 Å². The minimum atomic E-state index is -0.852. The maximum atomic E-state index is 11.4. The van der Waals surface area contributed by atoms with E-state index in [-0.39, 0.29) is 6.10 Å². The van der Waals surface area contributed by atoms with Crippen LogP contribution in [0.3, 0.4) is 0 Å². The Hall–Kier alpha value is -1.59. The first-order valence-corrected chi connectivity index (χ1v) is 6.76. The van der Waals surface area contributed by atoms with Crippen molar-refractivity contribution >= 4 is 5.97 Å². The molecule has 0 aliphatic heterocycles. The Morgan fingerprint density at radius 2 is 2.35 bits per heavy atom. The quantitative estimate of drug-likeness (QED) is 0.831. The number of methoxy groups -OCH3 is 1. The fraction of sp³-hybridized carbons (Fsp3) is 0.533. The van der Waals surface area contributed by atoms with Crippen LogP contribution >= 0.6 is 0 Å². The third-order valence-corrected chi connectivity index (χ3v) is 3.87. The van der Waals surface area contributed by atoms with E-state index < -0.39 is 11.5 Å². The summed E-state index contributed by atoms with van der Waals surface area (Å²) in [5.41, 5.74) is 0.190. The van der Waals surface area contributed by atoms with E-state index in [1.165, 1.54) is 0 Å². The molecule has 1 aliphatic carbocycles. The Kier molecular flexibility index (Phi) is 4.62. The van der Waals surface area contributed by atoms with E-state index >= 15 is 0 Å². The lowest BCUT2D eigenvalue weighted by Gasteiger charge is -2.23. The van der Waals surface area contributed by atoms with Crippen LogP contribution in [0.25, 0.3) is 0 Å². The smallest absolute Gasteiger partial charge is 0.324 e. The fourth-order valence-electron chi connectivity index (χ4n) is 2.70. The third-order valence-electron chi connectivity index (χ3n) is 3.87. The largest absolute Gasteiger partial charge is 0.490 e. The number of aliphatic carboxylic acids is 1. The minimum Gasteiger partial charge on any atom is -0.490 e. The van der Waals surface area contributed by atoms with Crippen molar-refractivity contribution in [1.29, 1.82) is 0 Å². The molecule has 0 aromatic heterocycles. The SMILES string of the molecule is CNC1(C(=O)O)CCC(Oc2cccc(COC)c2)C1. The summed E-state index contributed by atoms with van der Waals surface area (Å²) in [6, 6.07) is 7.71. The highest BCUT2D eigenvalue weighted by Crippen LogP contribution is 2.33. The molecule has 0 radical (unpaired) electrons. The van der Waals surface area contributed by atoms with Crippen LogP contribution in [0.4, 0.5) is 0 Å². The van der Waals surface area contributed by atoms with Gasteiger partial charge in [0.05, 0.1) is 6.61 Å². The van der Waals surface area contributed by atoms with E-state index in [9.17, 15) is 9.90 Å². The zero-order chi connectivity index (χ0) is 14.6. The second-order valence-electron chi connectivity index (χ2n) is 5.20. The van der Waals surface area contributed by atoms with Crippen molar-refractivity contribution < 1.29 is 19.4 Å². The first kappa shape index (κ1) is 14.8. The number of rotatable bonds is 6. The number of nitrogens with one attached hydrogen (secondary N) is 1.